The third-order valence-electron chi connectivity index (χ3n) is 3.69. The first kappa shape index (κ1) is 17.3. The lowest BCUT2D eigenvalue weighted by atomic mass is 10.1. The first-order valence-corrected chi connectivity index (χ1v) is 7.36. The minimum Gasteiger partial charge on any atom is -0.481 e. The Bertz CT molecular complexity index is 394. The second-order valence-electron chi connectivity index (χ2n) is 5.68. The molecule has 1 fully saturated rings. The van der Waals surface area contributed by atoms with E-state index in [0.717, 1.165) is 32.4 Å². The number of carboxylic acids is 1. The van der Waals surface area contributed by atoms with Crippen molar-refractivity contribution in [2.45, 2.75) is 39.2 Å². The number of hydrogen-bond donors (Lipinski definition) is 2. The first-order chi connectivity index (χ1) is 9.82. The van der Waals surface area contributed by atoms with Crippen molar-refractivity contribution >= 4 is 17.9 Å². The molecule has 0 aromatic rings. The largest absolute Gasteiger partial charge is 0.481 e. The molecule has 0 saturated carbocycles. The zero-order valence-corrected chi connectivity index (χ0v) is 13.0. The number of urea groups is 1. The van der Waals surface area contributed by atoms with E-state index in [9.17, 15) is 14.4 Å². The van der Waals surface area contributed by atoms with Gasteiger partial charge in [-0.05, 0) is 26.2 Å². The lowest BCUT2D eigenvalue weighted by molar-refractivity contribution is -0.141. The predicted molar refractivity (Wildman–Crippen MR) is 77.9 cm³/mol. The summed E-state index contributed by atoms with van der Waals surface area (Å²) in [6, 6.07) is -1.03. The van der Waals surface area contributed by atoms with Gasteiger partial charge in [-0.1, -0.05) is 6.92 Å². The Kier molecular flexibility index (Phi) is 6.45. The molecule has 1 rings (SSSR count). The summed E-state index contributed by atoms with van der Waals surface area (Å²) in [5.74, 6) is -1.68. The Balaban J connectivity index is 2.45. The molecule has 0 radical (unpaired) electrons. The lowest BCUT2D eigenvalue weighted by Crippen LogP contribution is -2.51. The molecule has 1 aliphatic heterocycles. The smallest absolute Gasteiger partial charge is 0.317 e. The maximum absolute atomic E-state index is 12.2. The Morgan fingerprint density at radius 3 is 2.29 bits per heavy atom. The Hall–Kier alpha value is -1.79. The highest BCUT2D eigenvalue weighted by Crippen LogP contribution is 2.10. The molecule has 1 aliphatic rings. The number of hydrogen-bond acceptors (Lipinski definition) is 3. The SMILES string of the molecule is CC(CN(C)C(=O)NC(C)C(=O)N1CCCCC1)C(=O)O. The normalized spacial score (nSPS) is 17.8. The Labute approximate surface area is 125 Å². The molecule has 3 amide bonds. The summed E-state index contributed by atoms with van der Waals surface area (Å²) in [7, 11) is 1.52. The summed E-state index contributed by atoms with van der Waals surface area (Å²) < 4.78 is 0. The van der Waals surface area contributed by atoms with Crippen LogP contribution in [0.1, 0.15) is 33.1 Å². The van der Waals surface area contributed by atoms with E-state index >= 15 is 0 Å². The van der Waals surface area contributed by atoms with Gasteiger partial charge in [-0.3, -0.25) is 9.59 Å². The van der Waals surface area contributed by atoms with Crippen LogP contribution in [0.4, 0.5) is 4.79 Å². The van der Waals surface area contributed by atoms with E-state index in [4.69, 9.17) is 5.11 Å². The summed E-state index contributed by atoms with van der Waals surface area (Å²) in [5.41, 5.74) is 0. The zero-order valence-electron chi connectivity index (χ0n) is 13.0. The molecular weight excluding hydrogens is 274 g/mol. The van der Waals surface area contributed by atoms with Crippen molar-refractivity contribution in [1.82, 2.24) is 15.1 Å². The fourth-order valence-electron chi connectivity index (χ4n) is 2.32. The Morgan fingerprint density at radius 1 is 1.19 bits per heavy atom. The van der Waals surface area contributed by atoms with Crippen molar-refractivity contribution < 1.29 is 19.5 Å². The van der Waals surface area contributed by atoms with Gasteiger partial charge in [0, 0.05) is 26.7 Å². The summed E-state index contributed by atoms with van der Waals surface area (Å²) in [5, 5.41) is 11.5. The maximum atomic E-state index is 12.2. The monoisotopic (exact) mass is 299 g/mol. The summed E-state index contributed by atoms with van der Waals surface area (Å²) in [4.78, 5) is 38.0. The van der Waals surface area contributed by atoms with E-state index in [0.29, 0.717) is 0 Å². The molecular formula is C14H25N3O4. The van der Waals surface area contributed by atoms with Crippen molar-refractivity contribution in [3.8, 4) is 0 Å². The summed E-state index contributed by atoms with van der Waals surface area (Å²) >= 11 is 0. The minimum absolute atomic E-state index is 0.0808. The predicted octanol–water partition coefficient (Wildman–Crippen LogP) is 0.749. The number of nitrogens with one attached hydrogen (secondary N) is 1. The second kappa shape index (κ2) is 7.85. The average molecular weight is 299 g/mol. The molecule has 0 bridgehead atoms. The third kappa shape index (κ3) is 5.24. The van der Waals surface area contributed by atoms with Crippen LogP contribution < -0.4 is 5.32 Å². The number of nitrogens with zero attached hydrogens (tertiary/aromatic N) is 2. The number of carbonyl (C=O) groups excluding carboxylic acids is 2. The molecule has 1 saturated heterocycles. The van der Waals surface area contributed by atoms with Crippen molar-refractivity contribution in [3.63, 3.8) is 0 Å². The highest BCUT2D eigenvalue weighted by Gasteiger charge is 2.25. The maximum Gasteiger partial charge on any atom is 0.317 e. The first-order valence-electron chi connectivity index (χ1n) is 7.36. The van der Waals surface area contributed by atoms with Crippen LogP contribution in [0, 0.1) is 5.92 Å². The third-order valence-corrected chi connectivity index (χ3v) is 3.69. The van der Waals surface area contributed by atoms with Crippen LogP contribution in [0.3, 0.4) is 0 Å². The van der Waals surface area contributed by atoms with Gasteiger partial charge < -0.3 is 20.2 Å². The molecule has 7 heteroatoms. The average Bonchev–Trinajstić information content (AvgIpc) is 2.46. The van der Waals surface area contributed by atoms with Crippen LogP contribution in [-0.2, 0) is 9.59 Å². The highest BCUT2D eigenvalue weighted by molar-refractivity contribution is 5.86. The molecule has 0 spiro atoms. The number of aliphatic carboxylic acids is 1. The molecule has 120 valence electrons. The van der Waals surface area contributed by atoms with Gasteiger partial charge >= 0.3 is 12.0 Å². The van der Waals surface area contributed by atoms with E-state index in [1.54, 1.807) is 11.8 Å². The molecule has 21 heavy (non-hydrogen) atoms. The molecule has 2 unspecified atom stereocenters. The molecule has 0 aliphatic carbocycles. The lowest BCUT2D eigenvalue weighted by Gasteiger charge is -2.30. The fraction of sp³-hybridized carbons (Fsp3) is 0.786. The zero-order chi connectivity index (χ0) is 16.0. The molecule has 2 atom stereocenters. The van der Waals surface area contributed by atoms with Crippen LogP contribution >= 0.6 is 0 Å². The van der Waals surface area contributed by atoms with E-state index in [-0.39, 0.29) is 12.5 Å². The number of amides is 3. The van der Waals surface area contributed by atoms with E-state index < -0.39 is 24.0 Å². The van der Waals surface area contributed by atoms with Crippen LogP contribution in [0.5, 0.6) is 0 Å². The van der Waals surface area contributed by atoms with Gasteiger partial charge in [-0.15, -0.1) is 0 Å². The minimum atomic E-state index is -0.952. The number of likely N-dealkylation sites (tertiary alicyclic amines) is 1. The van der Waals surface area contributed by atoms with Crippen molar-refractivity contribution in [2.75, 3.05) is 26.7 Å². The summed E-state index contributed by atoms with van der Waals surface area (Å²) in [6.45, 7) is 4.78. The van der Waals surface area contributed by atoms with E-state index in [2.05, 4.69) is 5.32 Å². The number of carboxylic acid groups (broad SMARTS) is 1. The van der Waals surface area contributed by atoms with Crippen molar-refractivity contribution in [2.24, 2.45) is 5.92 Å². The highest BCUT2D eigenvalue weighted by atomic mass is 16.4. The van der Waals surface area contributed by atoms with Gasteiger partial charge in [0.1, 0.15) is 6.04 Å². The van der Waals surface area contributed by atoms with Gasteiger partial charge in [-0.2, -0.15) is 0 Å². The molecule has 1 heterocycles. The number of carbonyl (C=O) groups is 3. The van der Waals surface area contributed by atoms with Gasteiger partial charge in [0.05, 0.1) is 5.92 Å². The van der Waals surface area contributed by atoms with Gasteiger partial charge in [0.2, 0.25) is 5.91 Å². The molecule has 7 nitrogen and oxygen atoms in total. The van der Waals surface area contributed by atoms with Crippen LogP contribution in [-0.4, -0.2) is 65.5 Å². The number of piperidine rings is 1. The van der Waals surface area contributed by atoms with E-state index in [1.165, 1.54) is 18.9 Å². The van der Waals surface area contributed by atoms with Gasteiger partial charge in [-0.25, -0.2) is 4.79 Å². The van der Waals surface area contributed by atoms with Crippen LogP contribution in [0.25, 0.3) is 0 Å². The van der Waals surface area contributed by atoms with Gasteiger partial charge in [0.15, 0.2) is 0 Å². The molecule has 0 aromatic heterocycles. The van der Waals surface area contributed by atoms with Crippen molar-refractivity contribution in [1.29, 1.82) is 0 Å². The topological polar surface area (TPSA) is 90.0 Å². The standard InChI is InChI=1S/C14H25N3O4/c1-10(13(19)20)9-16(3)14(21)15-11(2)12(18)17-7-5-4-6-8-17/h10-11H,4-9H2,1-3H3,(H,15,21)(H,19,20). The quantitative estimate of drug-likeness (QED) is 0.784. The second-order valence-corrected chi connectivity index (χ2v) is 5.68. The number of rotatable bonds is 5. The molecule has 0 aromatic carbocycles. The van der Waals surface area contributed by atoms with Crippen LogP contribution in [0.15, 0.2) is 0 Å². The van der Waals surface area contributed by atoms with Gasteiger partial charge in [0.25, 0.3) is 0 Å². The van der Waals surface area contributed by atoms with Crippen LogP contribution in [0.2, 0.25) is 0 Å². The van der Waals surface area contributed by atoms with E-state index in [1.807, 2.05) is 0 Å². The van der Waals surface area contributed by atoms with Crippen molar-refractivity contribution in [3.05, 3.63) is 0 Å². The molecule has 2 N–H and O–H groups in total. The fourth-order valence-corrected chi connectivity index (χ4v) is 2.32. The Morgan fingerprint density at radius 2 is 1.76 bits per heavy atom. The summed E-state index contributed by atoms with van der Waals surface area (Å²) in [6.07, 6.45) is 3.14.